The first-order valence-electron chi connectivity index (χ1n) is 5.22. The fourth-order valence-corrected chi connectivity index (χ4v) is 2.18. The summed E-state index contributed by atoms with van der Waals surface area (Å²) in [5, 5.41) is 1.15. The van der Waals surface area contributed by atoms with Crippen LogP contribution in [0.5, 0.6) is 5.75 Å². The van der Waals surface area contributed by atoms with Gasteiger partial charge in [0.05, 0.1) is 17.2 Å². The van der Waals surface area contributed by atoms with Crippen molar-refractivity contribution in [3.05, 3.63) is 52.0 Å². The zero-order valence-corrected chi connectivity index (χ0v) is 11.1. The average Bonchev–Trinajstić information content (AvgIpc) is 2.32. The van der Waals surface area contributed by atoms with E-state index in [1.165, 1.54) is 0 Å². The van der Waals surface area contributed by atoms with Gasteiger partial charge in [0, 0.05) is 5.56 Å². The van der Waals surface area contributed by atoms with Crippen molar-refractivity contribution >= 4 is 23.2 Å². The van der Waals surface area contributed by atoms with Crippen molar-refractivity contribution < 1.29 is 4.74 Å². The van der Waals surface area contributed by atoms with Crippen molar-refractivity contribution in [3.63, 3.8) is 0 Å². The van der Waals surface area contributed by atoms with Gasteiger partial charge in [0.15, 0.2) is 0 Å². The Kier molecular flexibility index (Phi) is 3.60. The van der Waals surface area contributed by atoms with E-state index in [4.69, 9.17) is 27.9 Å². The van der Waals surface area contributed by atoms with Crippen molar-refractivity contribution in [3.8, 4) is 16.9 Å². The van der Waals surface area contributed by atoms with Crippen LogP contribution < -0.4 is 4.74 Å². The highest BCUT2D eigenvalue weighted by molar-refractivity contribution is 6.43. The Morgan fingerprint density at radius 1 is 1.06 bits per heavy atom. The summed E-state index contributed by atoms with van der Waals surface area (Å²) in [7, 11) is 1.66. The van der Waals surface area contributed by atoms with Gasteiger partial charge in [0.1, 0.15) is 5.75 Å². The monoisotopic (exact) mass is 266 g/mol. The topological polar surface area (TPSA) is 9.23 Å². The highest BCUT2D eigenvalue weighted by atomic mass is 35.5. The van der Waals surface area contributed by atoms with Gasteiger partial charge in [-0.3, -0.25) is 0 Å². The normalized spacial score (nSPS) is 10.4. The van der Waals surface area contributed by atoms with Gasteiger partial charge in [-0.25, -0.2) is 0 Å². The molecule has 0 aliphatic heterocycles. The zero-order valence-electron chi connectivity index (χ0n) is 9.63. The van der Waals surface area contributed by atoms with Crippen LogP contribution >= 0.6 is 23.2 Å². The van der Waals surface area contributed by atoms with Crippen LogP contribution in [0, 0.1) is 6.92 Å². The molecule has 88 valence electrons. The largest absolute Gasteiger partial charge is 0.496 e. The molecule has 3 heteroatoms. The second-order valence-corrected chi connectivity index (χ2v) is 4.57. The average molecular weight is 267 g/mol. The number of methoxy groups -OCH3 is 1. The van der Waals surface area contributed by atoms with Crippen molar-refractivity contribution in [2.45, 2.75) is 6.92 Å². The van der Waals surface area contributed by atoms with Crippen LogP contribution in [0.25, 0.3) is 11.1 Å². The Morgan fingerprint density at radius 2 is 1.82 bits per heavy atom. The molecule has 2 aromatic rings. The molecule has 0 saturated heterocycles. The molecule has 0 heterocycles. The number of benzene rings is 2. The maximum Gasteiger partial charge on any atom is 0.121 e. The Morgan fingerprint density at radius 3 is 2.47 bits per heavy atom. The van der Waals surface area contributed by atoms with E-state index in [1.54, 1.807) is 13.2 Å². The van der Waals surface area contributed by atoms with Gasteiger partial charge in [-0.05, 0) is 36.2 Å². The fraction of sp³-hybridized carbons (Fsp3) is 0.143. The lowest BCUT2D eigenvalue weighted by Crippen LogP contribution is -1.88. The summed E-state index contributed by atoms with van der Waals surface area (Å²) >= 11 is 12.2. The number of aryl methyl sites for hydroxylation is 1. The van der Waals surface area contributed by atoms with E-state index >= 15 is 0 Å². The number of ether oxygens (including phenoxy) is 1. The molecule has 0 unspecified atom stereocenters. The lowest BCUT2D eigenvalue weighted by molar-refractivity contribution is 0.412. The summed E-state index contributed by atoms with van der Waals surface area (Å²) in [5.41, 5.74) is 3.04. The summed E-state index contributed by atoms with van der Waals surface area (Å²) < 4.78 is 5.23. The third kappa shape index (κ3) is 2.41. The third-order valence-corrected chi connectivity index (χ3v) is 3.48. The first kappa shape index (κ1) is 12.3. The van der Waals surface area contributed by atoms with Crippen LogP contribution in [0.4, 0.5) is 0 Å². The minimum absolute atomic E-state index is 0.567. The first-order valence-corrected chi connectivity index (χ1v) is 5.98. The zero-order chi connectivity index (χ0) is 12.4. The predicted octanol–water partition coefficient (Wildman–Crippen LogP) is 4.98. The predicted molar refractivity (Wildman–Crippen MR) is 73.2 cm³/mol. The molecule has 17 heavy (non-hydrogen) atoms. The molecule has 0 aliphatic carbocycles. The summed E-state index contributed by atoms with van der Waals surface area (Å²) in [6.45, 7) is 2.00. The molecule has 2 rings (SSSR count). The van der Waals surface area contributed by atoms with Crippen molar-refractivity contribution in [2.75, 3.05) is 7.11 Å². The van der Waals surface area contributed by atoms with E-state index in [0.29, 0.717) is 10.0 Å². The minimum atomic E-state index is 0.567. The summed E-state index contributed by atoms with van der Waals surface area (Å²) in [5.74, 6) is 0.868. The van der Waals surface area contributed by atoms with E-state index in [0.717, 1.165) is 22.4 Å². The van der Waals surface area contributed by atoms with Gasteiger partial charge >= 0.3 is 0 Å². The smallest absolute Gasteiger partial charge is 0.121 e. The molecule has 0 bridgehead atoms. The van der Waals surface area contributed by atoms with Gasteiger partial charge in [0.25, 0.3) is 0 Å². The molecule has 0 radical (unpaired) electrons. The molecule has 0 spiro atoms. The van der Waals surface area contributed by atoms with Crippen LogP contribution in [-0.4, -0.2) is 7.11 Å². The quantitative estimate of drug-likeness (QED) is 0.745. The molecule has 2 aromatic carbocycles. The van der Waals surface area contributed by atoms with Crippen LogP contribution in [-0.2, 0) is 0 Å². The molecule has 0 atom stereocenters. The maximum absolute atomic E-state index is 6.19. The second kappa shape index (κ2) is 4.99. The Bertz CT molecular complexity index is 550. The van der Waals surface area contributed by atoms with Gasteiger partial charge in [-0.2, -0.15) is 0 Å². The van der Waals surface area contributed by atoms with Gasteiger partial charge in [-0.1, -0.05) is 41.4 Å². The van der Waals surface area contributed by atoms with Gasteiger partial charge < -0.3 is 4.74 Å². The van der Waals surface area contributed by atoms with E-state index in [2.05, 4.69) is 0 Å². The van der Waals surface area contributed by atoms with Crippen LogP contribution in [0.1, 0.15) is 5.56 Å². The number of hydrogen-bond donors (Lipinski definition) is 0. The van der Waals surface area contributed by atoms with Gasteiger partial charge in [-0.15, -0.1) is 0 Å². The molecule has 0 aliphatic rings. The van der Waals surface area contributed by atoms with E-state index < -0.39 is 0 Å². The van der Waals surface area contributed by atoms with Crippen LogP contribution in [0.2, 0.25) is 10.0 Å². The third-order valence-electron chi connectivity index (χ3n) is 2.66. The number of halogens is 2. The van der Waals surface area contributed by atoms with E-state index in [-0.39, 0.29) is 0 Å². The molecule has 0 fully saturated rings. The van der Waals surface area contributed by atoms with Crippen molar-refractivity contribution in [2.24, 2.45) is 0 Å². The summed E-state index contributed by atoms with van der Waals surface area (Å²) in [6.07, 6.45) is 0. The van der Waals surface area contributed by atoms with Crippen molar-refractivity contribution in [1.29, 1.82) is 0 Å². The molecular weight excluding hydrogens is 255 g/mol. The lowest BCUT2D eigenvalue weighted by atomic mass is 10.0. The van der Waals surface area contributed by atoms with Crippen LogP contribution in [0.15, 0.2) is 36.4 Å². The van der Waals surface area contributed by atoms with Gasteiger partial charge in [0.2, 0.25) is 0 Å². The molecule has 0 aromatic heterocycles. The number of hydrogen-bond acceptors (Lipinski definition) is 1. The van der Waals surface area contributed by atoms with E-state index in [9.17, 15) is 0 Å². The minimum Gasteiger partial charge on any atom is -0.496 e. The highest BCUT2D eigenvalue weighted by Crippen LogP contribution is 2.35. The highest BCUT2D eigenvalue weighted by Gasteiger charge is 2.08. The molecule has 0 N–H and O–H groups in total. The fourth-order valence-electron chi connectivity index (χ4n) is 1.77. The summed E-state index contributed by atoms with van der Waals surface area (Å²) in [4.78, 5) is 0. The molecule has 0 amide bonds. The lowest BCUT2D eigenvalue weighted by Gasteiger charge is -2.09. The first-order chi connectivity index (χ1) is 8.13. The Hall–Kier alpha value is -1.18. The van der Waals surface area contributed by atoms with E-state index in [1.807, 2.05) is 37.3 Å². The maximum atomic E-state index is 6.19. The van der Waals surface area contributed by atoms with Crippen molar-refractivity contribution in [1.82, 2.24) is 0 Å². The Labute approximate surface area is 111 Å². The standard InChI is InChI=1S/C14H12Cl2O/c1-9-8-10(6-7-13(9)17-2)11-4-3-5-12(15)14(11)16/h3-8H,1-2H3. The summed E-state index contributed by atoms with van der Waals surface area (Å²) in [6, 6.07) is 11.6. The number of rotatable bonds is 2. The molecule has 1 nitrogen and oxygen atoms in total. The molecule has 0 saturated carbocycles. The van der Waals surface area contributed by atoms with Crippen LogP contribution in [0.3, 0.4) is 0 Å². The second-order valence-electron chi connectivity index (χ2n) is 3.79. The SMILES string of the molecule is COc1ccc(-c2cccc(Cl)c2Cl)cc1C. The molecular formula is C14H12Cl2O. The Balaban J connectivity index is 2.54.